The van der Waals surface area contributed by atoms with Gasteiger partial charge in [-0.25, -0.2) is 10.4 Å². The number of fused-ring (bicyclic) bond motifs is 8. The van der Waals surface area contributed by atoms with Crippen molar-refractivity contribution in [2.45, 2.75) is 31.8 Å². The zero-order valence-electron chi connectivity index (χ0n) is 25.2. The number of benzene rings is 5. The highest BCUT2D eigenvalue weighted by molar-refractivity contribution is 6.09. The Morgan fingerprint density at radius 3 is 2.40 bits per heavy atom. The second-order valence-corrected chi connectivity index (χ2v) is 12.8. The van der Waals surface area contributed by atoms with Crippen LogP contribution in [0.4, 0.5) is 0 Å². The number of hydrazine groups is 1. The van der Waals surface area contributed by atoms with E-state index >= 15 is 0 Å². The molecule has 1 aromatic heterocycles. The fourth-order valence-corrected chi connectivity index (χ4v) is 8.26. The summed E-state index contributed by atoms with van der Waals surface area (Å²) in [5.41, 5.74) is 21.1. The van der Waals surface area contributed by atoms with Crippen LogP contribution in [-0.4, -0.2) is 22.5 Å². The van der Waals surface area contributed by atoms with Crippen LogP contribution in [0.5, 0.6) is 0 Å². The van der Waals surface area contributed by atoms with Crippen molar-refractivity contribution in [2.24, 2.45) is 4.99 Å². The van der Waals surface area contributed by atoms with Gasteiger partial charge in [-0.1, -0.05) is 84.9 Å². The first kappa shape index (κ1) is 25.2. The van der Waals surface area contributed by atoms with Gasteiger partial charge in [0.2, 0.25) is 0 Å². The Morgan fingerprint density at radius 2 is 1.56 bits per heavy atom. The maximum atomic E-state index is 5.28. The summed E-state index contributed by atoms with van der Waals surface area (Å²) in [6.07, 6.45) is 8.81. The van der Waals surface area contributed by atoms with E-state index in [4.69, 9.17) is 4.99 Å². The number of amidine groups is 1. The topological polar surface area (TPSA) is 32.6 Å². The van der Waals surface area contributed by atoms with E-state index in [1.807, 2.05) is 0 Å². The Kier molecular flexibility index (Phi) is 5.26. The molecule has 0 amide bonds. The Balaban J connectivity index is 1.01. The molecular formula is C41H32N4. The van der Waals surface area contributed by atoms with Crippen LogP contribution in [-0.2, 0) is 12.8 Å². The second kappa shape index (κ2) is 9.40. The van der Waals surface area contributed by atoms with Crippen molar-refractivity contribution in [2.75, 3.05) is 7.05 Å². The second-order valence-electron chi connectivity index (χ2n) is 12.8. The molecule has 0 spiro atoms. The van der Waals surface area contributed by atoms with Crippen LogP contribution in [0.25, 0.3) is 44.2 Å². The molecule has 45 heavy (non-hydrogen) atoms. The number of hydrogen-bond acceptors (Lipinski definition) is 3. The summed E-state index contributed by atoms with van der Waals surface area (Å²) in [4.78, 5) is 5.28. The number of aliphatic imine (C=N–C) groups is 1. The minimum atomic E-state index is -0.0792. The van der Waals surface area contributed by atoms with Crippen LogP contribution in [0, 0.1) is 0 Å². The van der Waals surface area contributed by atoms with Crippen molar-refractivity contribution in [3.63, 3.8) is 0 Å². The smallest absolute Gasteiger partial charge is 0.147 e. The van der Waals surface area contributed by atoms with Gasteiger partial charge in [0.05, 0.1) is 11.0 Å². The maximum Gasteiger partial charge on any atom is 0.147 e. The summed E-state index contributed by atoms with van der Waals surface area (Å²) in [6, 6.07) is 38.1. The predicted molar refractivity (Wildman–Crippen MR) is 185 cm³/mol. The van der Waals surface area contributed by atoms with Gasteiger partial charge in [-0.3, -0.25) is 5.01 Å². The highest BCUT2D eigenvalue weighted by Gasteiger charge is 2.31. The van der Waals surface area contributed by atoms with Crippen LogP contribution >= 0.6 is 0 Å². The van der Waals surface area contributed by atoms with E-state index in [-0.39, 0.29) is 6.17 Å². The van der Waals surface area contributed by atoms with E-state index < -0.39 is 0 Å². The highest BCUT2D eigenvalue weighted by Crippen LogP contribution is 2.43. The quantitative estimate of drug-likeness (QED) is 0.226. The molecule has 1 unspecified atom stereocenters. The first-order valence-corrected chi connectivity index (χ1v) is 16.0. The molecule has 0 bridgehead atoms. The van der Waals surface area contributed by atoms with Gasteiger partial charge in [0.25, 0.3) is 0 Å². The minimum Gasteiger partial charge on any atom is -0.309 e. The summed E-state index contributed by atoms with van der Waals surface area (Å²) in [7, 11) is 2.09. The first-order valence-electron chi connectivity index (χ1n) is 16.0. The zero-order chi connectivity index (χ0) is 29.6. The number of nitrogens with one attached hydrogen (secondary N) is 1. The van der Waals surface area contributed by atoms with Crippen LogP contribution in [0.2, 0.25) is 0 Å². The molecule has 5 aromatic carbocycles. The van der Waals surface area contributed by atoms with Crippen molar-refractivity contribution in [3.05, 3.63) is 154 Å². The van der Waals surface area contributed by atoms with E-state index in [1.165, 1.54) is 77.6 Å². The number of hydrogen-bond donors (Lipinski definition) is 1. The molecule has 2 heterocycles. The Bertz CT molecular complexity index is 2280. The fraction of sp³-hybridized carbons (Fsp3) is 0.146. The molecule has 216 valence electrons. The van der Waals surface area contributed by atoms with Crippen molar-refractivity contribution in [3.8, 4) is 16.8 Å². The van der Waals surface area contributed by atoms with Gasteiger partial charge < -0.3 is 4.57 Å². The van der Waals surface area contributed by atoms with Gasteiger partial charge in [0.1, 0.15) is 12.0 Å². The van der Waals surface area contributed by atoms with Gasteiger partial charge in [-0.15, -0.1) is 0 Å². The van der Waals surface area contributed by atoms with Gasteiger partial charge in [-0.2, -0.15) is 0 Å². The third-order valence-electron chi connectivity index (χ3n) is 10.3. The van der Waals surface area contributed by atoms with Gasteiger partial charge >= 0.3 is 0 Å². The zero-order valence-corrected chi connectivity index (χ0v) is 25.2. The van der Waals surface area contributed by atoms with Crippen LogP contribution in [0.1, 0.15) is 52.4 Å². The summed E-state index contributed by atoms with van der Waals surface area (Å²) in [5.74, 6) is 0.998. The van der Waals surface area contributed by atoms with E-state index in [0.717, 1.165) is 37.1 Å². The normalized spacial score (nSPS) is 18.0. The van der Waals surface area contributed by atoms with E-state index in [1.54, 1.807) is 0 Å². The van der Waals surface area contributed by atoms with Crippen molar-refractivity contribution < 1.29 is 0 Å². The lowest BCUT2D eigenvalue weighted by molar-refractivity contribution is 0.353. The number of aromatic nitrogens is 1. The molecule has 6 aromatic rings. The van der Waals surface area contributed by atoms with E-state index in [9.17, 15) is 0 Å². The lowest BCUT2D eigenvalue weighted by atomic mass is 9.95. The maximum absolute atomic E-state index is 5.28. The highest BCUT2D eigenvalue weighted by atomic mass is 15.6. The predicted octanol–water partition coefficient (Wildman–Crippen LogP) is 8.91. The number of allylic oxidation sites excluding steroid dienone is 4. The monoisotopic (exact) mass is 580 g/mol. The van der Waals surface area contributed by atoms with E-state index in [2.05, 4.69) is 137 Å². The number of rotatable bonds is 3. The minimum absolute atomic E-state index is 0.0792. The molecule has 0 saturated carbocycles. The molecule has 4 heteroatoms. The molecule has 1 aliphatic heterocycles. The van der Waals surface area contributed by atoms with Gasteiger partial charge in [0.15, 0.2) is 0 Å². The Hall–Kier alpha value is -5.19. The molecule has 4 aliphatic rings. The summed E-state index contributed by atoms with van der Waals surface area (Å²) < 4.78 is 2.41. The number of nitrogens with zero attached hydrogens (tertiary/aromatic N) is 3. The molecular weight excluding hydrogens is 548 g/mol. The molecule has 0 radical (unpaired) electrons. The third-order valence-corrected chi connectivity index (χ3v) is 10.3. The molecule has 1 N–H and O–H groups in total. The summed E-state index contributed by atoms with van der Waals surface area (Å²) >= 11 is 0. The standard InChI is InChI=1S/C41H32N4/c1-44-41(42-40(43-44)35-14-8-13-32-30-10-3-2-9-25(30)23-37(32)35)27-18-20-31-28(22-27)21-26-17-19-29(24-36(26)31)45-38-15-6-4-11-33(38)34-12-5-7-16-39(34)45/h2,4-9,11-20,22,24,40,43H,3,10,21,23H2,1H3. The average molecular weight is 581 g/mol. The van der Waals surface area contributed by atoms with Gasteiger partial charge in [0, 0.05) is 29.1 Å². The molecule has 3 aliphatic carbocycles. The first-order chi connectivity index (χ1) is 22.2. The lowest BCUT2D eigenvalue weighted by Crippen LogP contribution is -2.34. The fourth-order valence-electron chi connectivity index (χ4n) is 8.26. The average Bonchev–Trinajstić information content (AvgIpc) is 3.84. The Labute approximate surface area is 262 Å². The van der Waals surface area contributed by atoms with Crippen LogP contribution in [0.3, 0.4) is 0 Å². The number of para-hydroxylation sites is 2. The molecule has 0 fully saturated rings. The molecule has 10 rings (SSSR count). The van der Waals surface area contributed by atoms with Crippen molar-refractivity contribution >= 4 is 33.2 Å². The van der Waals surface area contributed by atoms with Crippen LogP contribution in [0.15, 0.2) is 126 Å². The third kappa shape index (κ3) is 3.66. The summed E-state index contributed by atoms with van der Waals surface area (Å²) in [5, 5.41) is 4.69. The van der Waals surface area contributed by atoms with Gasteiger partial charge in [-0.05, 0) is 106 Å². The lowest BCUT2D eigenvalue weighted by Gasteiger charge is -2.18. The van der Waals surface area contributed by atoms with Crippen molar-refractivity contribution in [1.29, 1.82) is 0 Å². The van der Waals surface area contributed by atoms with E-state index in [0.29, 0.717) is 0 Å². The van der Waals surface area contributed by atoms with Crippen LogP contribution < -0.4 is 5.43 Å². The molecule has 4 nitrogen and oxygen atoms in total. The largest absolute Gasteiger partial charge is 0.309 e. The molecule has 1 atom stereocenters. The van der Waals surface area contributed by atoms with Crippen molar-refractivity contribution in [1.82, 2.24) is 15.0 Å². The molecule has 0 saturated heterocycles. The SMILES string of the molecule is CN1NC(c2cccc3c2CC2=C3CCC=C2)N=C1c1ccc2c(c1)Cc1ccc(-n3c4ccccc4c4ccccc43)cc1-2. The Morgan fingerprint density at radius 1 is 0.733 bits per heavy atom. The summed E-state index contributed by atoms with van der Waals surface area (Å²) in [6.45, 7) is 0.